The van der Waals surface area contributed by atoms with Crippen LogP contribution >= 0.6 is 0 Å². The summed E-state index contributed by atoms with van der Waals surface area (Å²) in [5.41, 5.74) is 3.57. The Balaban J connectivity index is 1.76. The van der Waals surface area contributed by atoms with E-state index in [0.717, 1.165) is 25.2 Å². The second-order valence-electron chi connectivity index (χ2n) is 5.11. The summed E-state index contributed by atoms with van der Waals surface area (Å²) in [6.07, 6.45) is 0. The summed E-state index contributed by atoms with van der Waals surface area (Å²) in [7, 11) is 2.07. The van der Waals surface area contributed by atoms with E-state index in [1.54, 1.807) is 0 Å². The van der Waals surface area contributed by atoms with Gasteiger partial charge >= 0.3 is 0 Å². The van der Waals surface area contributed by atoms with Crippen LogP contribution in [0.2, 0.25) is 0 Å². The summed E-state index contributed by atoms with van der Waals surface area (Å²) in [5, 5.41) is 3.44. The van der Waals surface area contributed by atoms with Crippen LogP contribution in [0.25, 0.3) is 0 Å². The van der Waals surface area contributed by atoms with Gasteiger partial charge in [-0.05, 0) is 43.3 Å². The molecule has 1 N–H and O–H groups in total. The number of hydrogen-bond acceptors (Lipinski definition) is 2. The van der Waals surface area contributed by atoms with E-state index in [2.05, 4.69) is 36.3 Å². The van der Waals surface area contributed by atoms with Gasteiger partial charge in [0.05, 0.1) is 0 Å². The van der Waals surface area contributed by atoms with Crippen molar-refractivity contribution < 1.29 is 4.39 Å². The number of likely N-dealkylation sites (N-methyl/N-ethyl adjacent to an activating group) is 1. The lowest BCUT2D eigenvalue weighted by atomic mass is 10.2. The molecule has 0 amide bonds. The zero-order valence-corrected chi connectivity index (χ0v) is 12.1. The van der Waals surface area contributed by atoms with Crippen molar-refractivity contribution in [2.24, 2.45) is 0 Å². The minimum Gasteiger partial charge on any atom is -0.384 e. The van der Waals surface area contributed by atoms with Crippen molar-refractivity contribution >= 4 is 5.69 Å². The van der Waals surface area contributed by atoms with Gasteiger partial charge < -0.3 is 10.2 Å². The van der Waals surface area contributed by atoms with E-state index in [4.69, 9.17) is 0 Å². The van der Waals surface area contributed by atoms with Crippen LogP contribution in [-0.2, 0) is 6.54 Å². The molecule has 0 atom stereocenters. The Labute approximate surface area is 120 Å². The zero-order valence-electron chi connectivity index (χ0n) is 12.1. The average Bonchev–Trinajstić information content (AvgIpc) is 2.43. The van der Waals surface area contributed by atoms with E-state index in [0.29, 0.717) is 0 Å². The standard InChI is InChI=1S/C17H21FN2/c1-14-5-3-4-6-17(14)19-11-12-20(2)13-15-7-9-16(18)10-8-15/h3-10,19H,11-13H2,1-2H3. The van der Waals surface area contributed by atoms with Gasteiger partial charge in [0.2, 0.25) is 0 Å². The molecule has 2 rings (SSSR count). The Hall–Kier alpha value is -1.87. The highest BCUT2D eigenvalue weighted by Gasteiger charge is 2.01. The van der Waals surface area contributed by atoms with Gasteiger partial charge in [0.25, 0.3) is 0 Å². The molecule has 0 aliphatic carbocycles. The molecule has 3 heteroatoms. The van der Waals surface area contributed by atoms with Crippen LogP contribution in [0.1, 0.15) is 11.1 Å². The Morgan fingerprint density at radius 1 is 1.05 bits per heavy atom. The van der Waals surface area contributed by atoms with Gasteiger partial charge in [-0.15, -0.1) is 0 Å². The number of nitrogens with one attached hydrogen (secondary N) is 1. The molecule has 0 aliphatic heterocycles. The van der Waals surface area contributed by atoms with Crippen molar-refractivity contribution in [3.63, 3.8) is 0 Å². The van der Waals surface area contributed by atoms with Gasteiger partial charge in [-0.2, -0.15) is 0 Å². The molecule has 2 nitrogen and oxygen atoms in total. The van der Waals surface area contributed by atoms with Crippen molar-refractivity contribution in [1.29, 1.82) is 0 Å². The number of anilines is 1. The lowest BCUT2D eigenvalue weighted by Crippen LogP contribution is -2.24. The van der Waals surface area contributed by atoms with E-state index >= 15 is 0 Å². The third-order valence-electron chi connectivity index (χ3n) is 3.32. The minimum absolute atomic E-state index is 0.183. The molecule has 0 bridgehead atoms. The van der Waals surface area contributed by atoms with Crippen LogP contribution < -0.4 is 5.32 Å². The SMILES string of the molecule is Cc1ccccc1NCCN(C)Cc1ccc(F)cc1. The van der Waals surface area contributed by atoms with Crippen molar-refractivity contribution in [3.05, 3.63) is 65.5 Å². The van der Waals surface area contributed by atoms with E-state index in [-0.39, 0.29) is 5.82 Å². The molecule has 0 aliphatic rings. The second-order valence-corrected chi connectivity index (χ2v) is 5.11. The van der Waals surface area contributed by atoms with Crippen molar-refractivity contribution in [1.82, 2.24) is 4.90 Å². The van der Waals surface area contributed by atoms with Crippen LogP contribution in [0.15, 0.2) is 48.5 Å². The Morgan fingerprint density at radius 3 is 2.45 bits per heavy atom. The van der Waals surface area contributed by atoms with Crippen molar-refractivity contribution in [2.75, 3.05) is 25.5 Å². The van der Waals surface area contributed by atoms with Crippen LogP contribution in [-0.4, -0.2) is 25.0 Å². The number of nitrogens with zero attached hydrogens (tertiary/aromatic N) is 1. The molecule has 0 fully saturated rings. The first-order valence-electron chi connectivity index (χ1n) is 6.87. The highest BCUT2D eigenvalue weighted by Crippen LogP contribution is 2.12. The maximum absolute atomic E-state index is 12.8. The van der Waals surface area contributed by atoms with Crippen molar-refractivity contribution in [3.8, 4) is 0 Å². The summed E-state index contributed by atoms with van der Waals surface area (Å²) >= 11 is 0. The van der Waals surface area contributed by atoms with Gasteiger partial charge in [0.15, 0.2) is 0 Å². The summed E-state index contributed by atoms with van der Waals surface area (Å²) in [6, 6.07) is 15.0. The Kier molecular flexibility index (Phi) is 5.13. The predicted octanol–water partition coefficient (Wildman–Crippen LogP) is 3.68. The van der Waals surface area contributed by atoms with Crippen molar-refractivity contribution in [2.45, 2.75) is 13.5 Å². The first-order chi connectivity index (χ1) is 9.65. The number of rotatable bonds is 6. The lowest BCUT2D eigenvalue weighted by Gasteiger charge is -2.18. The normalized spacial score (nSPS) is 10.8. The Bertz CT molecular complexity index is 537. The Morgan fingerprint density at radius 2 is 1.75 bits per heavy atom. The molecule has 0 spiro atoms. The highest BCUT2D eigenvalue weighted by molar-refractivity contribution is 5.50. The molecule has 2 aromatic rings. The number of benzene rings is 2. The van der Waals surface area contributed by atoms with E-state index in [1.807, 2.05) is 24.3 Å². The van der Waals surface area contributed by atoms with Gasteiger partial charge in [-0.1, -0.05) is 30.3 Å². The molecule has 0 saturated heterocycles. The number of para-hydroxylation sites is 1. The molecular formula is C17H21FN2. The van der Waals surface area contributed by atoms with Crippen LogP contribution in [0.5, 0.6) is 0 Å². The average molecular weight is 272 g/mol. The summed E-state index contributed by atoms with van der Waals surface area (Å²) in [6.45, 7) is 4.76. The molecule has 2 aromatic carbocycles. The first kappa shape index (κ1) is 14.5. The van der Waals surface area contributed by atoms with Gasteiger partial charge in [0.1, 0.15) is 5.82 Å². The lowest BCUT2D eigenvalue weighted by molar-refractivity contribution is 0.340. The maximum Gasteiger partial charge on any atom is 0.123 e. The minimum atomic E-state index is -0.183. The quantitative estimate of drug-likeness (QED) is 0.863. The fraction of sp³-hybridized carbons (Fsp3) is 0.294. The van der Waals surface area contributed by atoms with Crippen LogP contribution in [0.3, 0.4) is 0 Å². The molecular weight excluding hydrogens is 251 g/mol. The third kappa shape index (κ3) is 4.35. The van der Waals surface area contributed by atoms with E-state index in [9.17, 15) is 4.39 Å². The fourth-order valence-electron chi connectivity index (χ4n) is 2.13. The topological polar surface area (TPSA) is 15.3 Å². The van der Waals surface area contributed by atoms with E-state index in [1.165, 1.54) is 23.4 Å². The third-order valence-corrected chi connectivity index (χ3v) is 3.32. The summed E-state index contributed by atoms with van der Waals surface area (Å²) < 4.78 is 12.8. The van der Waals surface area contributed by atoms with Gasteiger partial charge in [0, 0.05) is 25.3 Å². The van der Waals surface area contributed by atoms with Crippen LogP contribution in [0.4, 0.5) is 10.1 Å². The zero-order chi connectivity index (χ0) is 14.4. The fourth-order valence-corrected chi connectivity index (χ4v) is 2.13. The molecule has 0 radical (unpaired) electrons. The van der Waals surface area contributed by atoms with E-state index < -0.39 is 0 Å². The largest absolute Gasteiger partial charge is 0.384 e. The second kappa shape index (κ2) is 7.06. The monoisotopic (exact) mass is 272 g/mol. The summed E-state index contributed by atoms with van der Waals surface area (Å²) in [4.78, 5) is 2.22. The smallest absolute Gasteiger partial charge is 0.123 e. The molecule has 106 valence electrons. The molecule has 20 heavy (non-hydrogen) atoms. The van der Waals surface area contributed by atoms with Gasteiger partial charge in [-0.25, -0.2) is 4.39 Å². The molecule has 0 heterocycles. The number of aryl methyl sites for hydroxylation is 1. The van der Waals surface area contributed by atoms with Crippen LogP contribution in [0, 0.1) is 12.7 Å². The molecule has 0 aromatic heterocycles. The maximum atomic E-state index is 12.8. The number of halogens is 1. The molecule has 0 saturated carbocycles. The van der Waals surface area contributed by atoms with Gasteiger partial charge in [-0.3, -0.25) is 0 Å². The highest BCUT2D eigenvalue weighted by atomic mass is 19.1. The number of hydrogen-bond donors (Lipinski definition) is 1. The summed E-state index contributed by atoms with van der Waals surface area (Å²) in [5.74, 6) is -0.183. The predicted molar refractivity (Wildman–Crippen MR) is 82.4 cm³/mol. The molecule has 0 unspecified atom stereocenters. The first-order valence-corrected chi connectivity index (χ1v) is 6.87.